The van der Waals surface area contributed by atoms with Crippen LogP contribution in [0.2, 0.25) is 0 Å². The summed E-state index contributed by atoms with van der Waals surface area (Å²) < 4.78 is 10.6. The zero-order valence-corrected chi connectivity index (χ0v) is 13.3. The van der Waals surface area contributed by atoms with Gasteiger partial charge in [0.2, 0.25) is 5.91 Å². The summed E-state index contributed by atoms with van der Waals surface area (Å²) in [6.07, 6.45) is 1.53. The first kappa shape index (κ1) is 14.9. The molecule has 3 aromatic heterocycles. The second kappa shape index (κ2) is 6.80. The van der Waals surface area contributed by atoms with Crippen LogP contribution in [0.4, 0.5) is 0 Å². The van der Waals surface area contributed by atoms with Crippen molar-refractivity contribution < 1.29 is 13.6 Å². The second-order valence-corrected chi connectivity index (χ2v) is 6.73. The third-order valence-electron chi connectivity index (χ3n) is 2.80. The van der Waals surface area contributed by atoms with Crippen LogP contribution in [0.1, 0.15) is 11.8 Å². The van der Waals surface area contributed by atoms with Gasteiger partial charge in [-0.05, 0) is 30.5 Å². The number of thiophene rings is 1. The van der Waals surface area contributed by atoms with Crippen molar-refractivity contribution in [1.82, 2.24) is 15.5 Å². The Morgan fingerprint density at radius 2 is 2.32 bits per heavy atom. The highest BCUT2D eigenvalue weighted by atomic mass is 32.2. The Labute approximate surface area is 134 Å². The number of hydrogen-bond acceptors (Lipinski definition) is 7. The fraction of sp³-hybridized carbons (Fsp3) is 0.214. The molecule has 0 bridgehead atoms. The molecule has 0 aliphatic rings. The minimum atomic E-state index is -0.329. The number of hydrogen-bond donors (Lipinski definition) is 1. The van der Waals surface area contributed by atoms with E-state index in [4.69, 9.17) is 8.83 Å². The molecule has 3 aromatic rings. The first-order chi connectivity index (χ1) is 10.7. The van der Waals surface area contributed by atoms with Crippen LogP contribution in [0.3, 0.4) is 0 Å². The molecule has 0 unspecified atom stereocenters. The van der Waals surface area contributed by atoms with Crippen LogP contribution < -0.4 is 5.32 Å². The molecule has 1 atom stereocenters. The van der Waals surface area contributed by atoms with Crippen LogP contribution in [-0.2, 0) is 11.3 Å². The highest BCUT2D eigenvalue weighted by molar-refractivity contribution is 8.00. The molecule has 0 aliphatic heterocycles. The average molecular weight is 335 g/mol. The van der Waals surface area contributed by atoms with Crippen molar-refractivity contribution in [2.75, 3.05) is 0 Å². The molecule has 3 heterocycles. The molecule has 6 nitrogen and oxygen atoms in total. The van der Waals surface area contributed by atoms with E-state index in [1.165, 1.54) is 18.0 Å². The van der Waals surface area contributed by atoms with Gasteiger partial charge in [0.1, 0.15) is 0 Å². The van der Waals surface area contributed by atoms with Crippen LogP contribution in [0.5, 0.6) is 0 Å². The van der Waals surface area contributed by atoms with E-state index < -0.39 is 0 Å². The molecule has 0 aromatic carbocycles. The van der Waals surface area contributed by atoms with E-state index in [0.717, 1.165) is 4.88 Å². The molecule has 3 rings (SSSR count). The number of carbonyl (C=O) groups is 1. The Balaban J connectivity index is 1.54. The van der Waals surface area contributed by atoms with E-state index >= 15 is 0 Å². The van der Waals surface area contributed by atoms with Crippen LogP contribution in [0.25, 0.3) is 11.7 Å². The Kier molecular flexibility index (Phi) is 4.59. The van der Waals surface area contributed by atoms with Gasteiger partial charge in [0, 0.05) is 4.88 Å². The zero-order valence-electron chi connectivity index (χ0n) is 11.7. The van der Waals surface area contributed by atoms with E-state index in [9.17, 15) is 4.79 Å². The van der Waals surface area contributed by atoms with Gasteiger partial charge in [0.25, 0.3) is 11.1 Å². The molecule has 8 heteroatoms. The van der Waals surface area contributed by atoms with Crippen molar-refractivity contribution in [3.63, 3.8) is 0 Å². The predicted molar refractivity (Wildman–Crippen MR) is 83.5 cm³/mol. The van der Waals surface area contributed by atoms with Gasteiger partial charge in [-0.15, -0.1) is 21.5 Å². The molecule has 1 N–H and O–H groups in total. The quantitative estimate of drug-likeness (QED) is 0.697. The number of nitrogens with one attached hydrogen (secondary N) is 1. The Hall–Kier alpha value is -2.06. The number of thioether (sulfide) groups is 1. The van der Waals surface area contributed by atoms with Crippen molar-refractivity contribution in [1.29, 1.82) is 0 Å². The van der Waals surface area contributed by atoms with Gasteiger partial charge >= 0.3 is 0 Å². The maximum atomic E-state index is 12.0. The molecule has 0 radical (unpaired) electrons. The second-order valence-electron chi connectivity index (χ2n) is 4.41. The number of nitrogens with zero attached hydrogens (tertiary/aromatic N) is 2. The van der Waals surface area contributed by atoms with Crippen LogP contribution in [0, 0.1) is 0 Å². The lowest BCUT2D eigenvalue weighted by atomic mass is 10.4. The molecular weight excluding hydrogens is 322 g/mol. The monoisotopic (exact) mass is 335 g/mol. The Bertz CT molecular complexity index is 722. The molecule has 0 saturated heterocycles. The minimum Gasteiger partial charge on any atom is -0.459 e. The van der Waals surface area contributed by atoms with E-state index in [0.29, 0.717) is 23.4 Å². The van der Waals surface area contributed by atoms with Crippen molar-refractivity contribution in [2.24, 2.45) is 0 Å². The largest absolute Gasteiger partial charge is 0.459 e. The highest BCUT2D eigenvalue weighted by Crippen LogP contribution is 2.26. The SMILES string of the molecule is C[C@H](Sc1nnc(-c2ccco2)o1)C(=O)NCc1cccs1. The fourth-order valence-corrected chi connectivity index (χ4v) is 3.05. The Morgan fingerprint density at radius 1 is 1.41 bits per heavy atom. The first-order valence-electron chi connectivity index (χ1n) is 6.56. The van der Waals surface area contributed by atoms with Gasteiger partial charge in [-0.3, -0.25) is 4.79 Å². The maximum absolute atomic E-state index is 12.0. The van der Waals surface area contributed by atoms with Crippen molar-refractivity contribution in [3.8, 4) is 11.7 Å². The van der Waals surface area contributed by atoms with Crippen molar-refractivity contribution >= 4 is 29.0 Å². The topological polar surface area (TPSA) is 81.2 Å². The maximum Gasteiger partial charge on any atom is 0.284 e. The fourth-order valence-electron chi connectivity index (χ4n) is 1.69. The molecule has 114 valence electrons. The minimum absolute atomic E-state index is 0.0730. The number of aromatic nitrogens is 2. The lowest BCUT2D eigenvalue weighted by Gasteiger charge is -2.08. The lowest BCUT2D eigenvalue weighted by Crippen LogP contribution is -2.30. The zero-order chi connectivity index (χ0) is 15.4. The first-order valence-corrected chi connectivity index (χ1v) is 8.32. The summed E-state index contributed by atoms with van der Waals surface area (Å²) >= 11 is 2.83. The number of amides is 1. The van der Waals surface area contributed by atoms with Crippen LogP contribution in [0.15, 0.2) is 50.0 Å². The van der Waals surface area contributed by atoms with E-state index in [2.05, 4.69) is 15.5 Å². The van der Waals surface area contributed by atoms with Gasteiger partial charge in [-0.2, -0.15) is 0 Å². The summed E-state index contributed by atoms with van der Waals surface area (Å²) in [5, 5.41) is 12.7. The van der Waals surface area contributed by atoms with Gasteiger partial charge in [0.05, 0.1) is 18.1 Å². The molecule has 0 saturated carbocycles. The standard InChI is InChI=1S/C14H13N3O3S2/c1-9(12(18)15-8-10-4-3-7-21-10)22-14-17-16-13(20-14)11-5-2-6-19-11/h2-7,9H,8H2,1H3,(H,15,18)/t9-/m0/s1. The molecule has 0 aliphatic carbocycles. The highest BCUT2D eigenvalue weighted by Gasteiger charge is 2.19. The molecule has 0 fully saturated rings. The van der Waals surface area contributed by atoms with Crippen LogP contribution >= 0.6 is 23.1 Å². The summed E-state index contributed by atoms with van der Waals surface area (Å²) in [4.78, 5) is 13.2. The number of carbonyl (C=O) groups excluding carboxylic acids is 1. The molecular formula is C14H13N3O3S2. The number of furan rings is 1. The summed E-state index contributed by atoms with van der Waals surface area (Å²) in [5.41, 5.74) is 0. The summed E-state index contributed by atoms with van der Waals surface area (Å²) in [6.45, 7) is 2.33. The van der Waals surface area contributed by atoms with E-state index in [1.807, 2.05) is 17.5 Å². The molecule has 1 amide bonds. The average Bonchev–Trinajstić information content (AvgIpc) is 3.25. The van der Waals surface area contributed by atoms with Gasteiger partial charge < -0.3 is 14.2 Å². The lowest BCUT2D eigenvalue weighted by molar-refractivity contribution is -0.120. The smallest absolute Gasteiger partial charge is 0.284 e. The van der Waals surface area contributed by atoms with Gasteiger partial charge in [0.15, 0.2) is 5.76 Å². The number of rotatable bonds is 6. The van der Waals surface area contributed by atoms with E-state index in [-0.39, 0.29) is 11.2 Å². The van der Waals surface area contributed by atoms with Crippen molar-refractivity contribution in [3.05, 3.63) is 40.8 Å². The third-order valence-corrected chi connectivity index (χ3v) is 4.61. The normalized spacial score (nSPS) is 12.2. The van der Waals surface area contributed by atoms with Crippen LogP contribution in [-0.4, -0.2) is 21.4 Å². The summed E-state index contributed by atoms with van der Waals surface area (Å²) in [6, 6.07) is 7.42. The van der Waals surface area contributed by atoms with E-state index in [1.54, 1.807) is 30.4 Å². The van der Waals surface area contributed by atoms with Crippen molar-refractivity contribution in [2.45, 2.75) is 23.9 Å². The molecule has 0 spiro atoms. The third kappa shape index (κ3) is 3.58. The summed E-state index contributed by atoms with van der Waals surface area (Å²) in [5.74, 6) is 0.740. The molecule has 22 heavy (non-hydrogen) atoms. The Morgan fingerprint density at radius 3 is 3.05 bits per heavy atom. The van der Waals surface area contributed by atoms with Gasteiger partial charge in [-0.25, -0.2) is 0 Å². The summed E-state index contributed by atoms with van der Waals surface area (Å²) in [7, 11) is 0. The van der Waals surface area contributed by atoms with Gasteiger partial charge in [-0.1, -0.05) is 17.8 Å². The predicted octanol–water partition coefficient (Wildman–Crippen LogP) is 3.19.